The zero-order valence-electron chi connectivity index (χ0n) is 11.6. The fourth-order valence-corrected chi connectivity index (χ4v) is 1.65. The Labute approximate surface area is 117 Å². The topological polar surface area (TPSA) is 81.5 Å². The van der Waals surface area contributed by atoms with Gasteiger partial charge < -0.3 is 10.1 Å². The zero-order valence-corrected chi connectivity index (χ0v) is 11.6. The number of nitro benzene ring substituents is 1. The number of carbonyl (C=O) groups is 1. The summed E-state index contributed by atoms with van der Waals surface area (Å²) in [6, 6.07) is 6.14. The van der Waals surface area contributed by atoms with Crippen LogP contribution < -0.4 is 5.32 Å². The number of hydrogen-bond acceptors (Lipinski definition) is 5. The number of hydrogen-bond donors (Lipinski definition) is 1. The Morgan fingerprint density at radius 1 is 1.45 bits per heavy atom. The Morgan fingerprint density at radius 3 is 2.80 bits per heavy atom. The molecule has 0 fully saturated rings. The largest absolute Gasteiger partial charge is 0.463 e. The molecule has 0 heterocycles. The molecule has 0 aromatic heterocycles. The first-order valence-electron chi connectivity index (χ1n) is 6.45. The number of carbonyl (C=O) groups excluding carboxylic acids is 1. The molecule has 1 N–H and O–H groups in total. The molecule has 1 aromatic carbocycles. The number of nitro groups is 1. The molecule has 0 aliphatic heterocycles. The maximum Gasteiger partial charge on any atom is 0.332 e. The van der Waals surface area contributed by atoms with Crippen molar-refractivity contribution in [3.63, 3.8) is 0 Å². The first-order valence-corrected chi connectivity index (χ1v) is 6.45. The molecular formula is C14H18N2O4. The minimum Gasteiger partial charge on any atom is -0.463 e. The van der Waals surface area contributed by atoms with Gasteiger partial charge in [-0.05, 0) is 19.4 Å². The predicted molar refractivity (Wildman–Crippen MR) is 76.3 cm³/mol. The van der Waals surface area contributed by atoms with Crippen molar-refractivity contribution in [1.82, 2.24) is 0 Å². The Kier molecular flexibility index (Phi) is 6.22. The van der Waals surface area contributed by atoms with Crippen LogP contribution in [-0.2, 0) is 9.53 Å². The van der Waals surface area contributed by atoms with Gasteiger partial charge in [0.2, 0.25) is 0 Å². The van der Waals surface area contributed by atoms with Crippen LogP contribution in [-0.4, -0.2) is 17.5 Å². The lowest BCUT2D eigenvalue weighted by atomic mass is 10.2. The summed E-state index contributed by atoms with van der Waals surface area (Å²) in [6.45, 7) is 4.03. The Morgan fingerprint density at radius 2 is 2.20 bits per heavy atom. The molecule has 0 spiro atoms. The Bertz CT molecular complexity index is 512. The van der Waals surface area contributed by atoms with Crippen LogP contribution >= 0.6 is 0 Å². The van der Waals surface area contributed by atoms with E-state index >= 15 is 0 Å². The second kappa shape index (κ2) is 7.93. The first-order chi connectivity index (χ1) is 9.56. The quantitative estimate of drug-likeness (QED) is 0.358. The minimum absolute atomic E-state index is 0.00184. The van der Waals surface area contributed by atoms with E-state index < -0.39 is 10.9 Å². The van der Waals surface area contributed by atoms with E-state index in [4.69, 9.17) is 4.74 Å². The van der Waals surface area contributed by atoms with Gasteiger partial charge in [0.15, 0.2) is 0 Å². The fraction of sp³-hybridized carbons (Fsp3) is 0.357. The molecule has 0 bridgehead atoms. The van der Waals surface area contributed by atoms with Gasteiger partial charge >= 0.3 is 5.97 Å². The molecule has 0 aliphatic carbocycles. The summed E-state index contributed by atoms with van der Waals surface area (Å²) in [4.78, 5) is 21.7. The Hall–Kier alpha value is -2.37. The molecule has 0 atom stereocenters. The summed E-state index contributed by atoms with van der Waals surface area (Å²) >= 11 is 0. The van der Waals surface area contributed by atoms with E-state index in [-0.39, 0.29) is 5.69 Å². The van der Waals surface area contributed by atoms with Crippen molar-refractivity contribution in [3.8, 4) is 0 Å². The number of nitrogens with one attached hydrogen (secondary N) is 1. The molecule has 1 aromatic rings. The standard InChI is InChI=1S/C14H18N2O4/c1-3-6-11(10-14(17)20-4-2)15-12-7-5-8-13(9-12)16(18)19/h5,7-10,15H,3-4,6H2,1-2H3/b11-10-. The highest BCUT2D eigenvalue weighted by molar-refractivity contribution is 5.83. The summed E-state index contributed by atoms with van der Waals surface area (Å²) in [5.41, 5.74) is 1.25. The minimum atomic E-state index is -0.459. The third-order valence-corrected chi connectivity index (χ3v) is 2.46. The maximum absolute atomic E-state index is 11.4. The van der Waals surface area contributed by atoms with Gasteiger partial charge in [0.25, 0.3) is 5.69 Å². The van der Waals surface area contributed by atoms with E-state index in [0.29, 0.717) is 24.4 Å². The highest BCUT2D eigenvalue weighted by Crippen LogP contribution is 2.19. The second-order valence-corrected chi connectivity index (χ2v) is 4.10. The van der Waals surface area contributed by atoms with E-state index in [1.54, 1.807) is 19.1 Å². The average Bonchev–Trinajstić information content (AvgIpc) is 2.39. The summed E-state index contributed by atoms with van der Waals surface area (Å²) < 4.78 is 4.85. The molecule has 0 aliphatic rings. The van der Waals surface area contributed by atoms with Gasteiger partial charge in [-0.2, -0.15) is 0 Å². The lowest BCUT2D eigenvalue weighted by Crippen LogP contribution is -2.06. The van der Waals surface area contributed by atoms with Crippen molar-refractivity contribution in [2.45, 2.75) is 26.7 Å². The monoisotopic (exact) mass is 278 g/mol. The number of nitrogens with zero attached hydrogens (tertiary/aromatic N) is 1. The molecule has 0 radical (unpaired) electrons. The lowest BCUT2D eigenvalue weighted by Gasteiger charge is -2.10. The number of benzene rings is 1. The normalized spacial score (nSPS) is 11.0. The molecule has 0 amide bonds. The first kappa shape index (κ1) is 15.7. The molecule has 0 unspecified atom stereocenters. The van der Waals surface area contributed by atoms with Crippen LogP contribution in [0.3, 0.4) is 0 Å². The highest BCUT2D eigenvalue weighted by Gasteiger charge is 2.07. The van der Waals surface area contributed by atoms with Gasteiger partial charge in [-0.3, -0.25) is 10.1 Å². The van der Waals surface area contributed by atoms with Crippen LogP contribution in [0.25, 0.3) is 0 Å². The zero-order chi connectivity index (χ0) is 15.0. The van der Waals surface area contributed by atoms with Gasteiger partial charge in [0, 0.05) is 29.6 Å². The molecular weight excluding hydrogens is 260 g/mol. The van der Waals surface area contributed by atoms with Gasteiger partial charge in [-0.1, -0.05) is 19.4 Å². The molecule has 0 saturated heterocycles. The van der Waals surface area contributed by atoms with Gasteiger partial charge in [-0.15, -0.1) is 0 Å². The Balaban J connectivity index is 2.87. The van der Waals surface area contributed by atoms with Crippen molar-refractivity contribution in [1.29, 1.82) is 0 Å². The summed E-state index contributed by atoms with van der Waals surface area (Å²) in [7, 11) is 0. The molecule has 6 nitrogen and oxygen atoms in total. The van der Waals surface area contributed by atoms with Crippen molar-refractivity contribution in [3.05, 3.63) is 46.2 Å². The van der Waals surface area contributed by atoms with E-state index in [1.807, 2.05) is 6.92 Å². The van der Waals surface area contributed by atoms with Crippen LogP contribution in [0.5, 0.6) is 0 Å². The van der Waals surface area contributed by atoms with Gasteiger partial charge in [-0.25, -0.2) is 4.79 Å². The van der Waals surface area contributed by atoms with E-state index in [2.05, 4.69) is 5.32 Å². The third kappa shape index (κ3) is 5.09. The second-order valence-electron chi connectivity index (χ2n) is 4.10. The van der Waals surface area contributed by atoms with Gasteiger partial charge in [0.05, 0.1) is 11.5 Å². The lowest BCUT2D eigenvalue weighted by molar-refractivity contribution is -0.384. The van der Waals surface area contributed by atoms with Crippen molar-refractivity contribution >= 4 is 17.3 Å². The van der Waals surface area contributed by atoms with Crippen molar-refractivity contribution in [2.24, 2.45) is 0 Å². The van der Waals surface area contributed by atoms with Crippen LogP contribution in [0.4, 0.5) is 11.4 Å². The van der Waals surface area contributed by atoms with Gasteiger partial charge in [0.1, 0.15) is 0 Å². The molecule has 6 heteroatoms. The number of allylic oxidation sites excluding steroid dienone is 1. The fourth-order valence-electron chi connectivity index (χ4n) is 1.65. The van der Waals surface area contributed by atoms with Crippen LogP contribution in [0, 0.1) is 10.1 Å². The van der Waals surface area contributed by atoms with Crippen molar-refractivity contribution < 1.29 is 14.5 Å². The maximum atomic E-state index is 11.4. The SMILES string of the molecule is CCC/C(=C/C(=O)OCC)Nc1cccc([N+](=O)[O-])c1. The number of non-ortho nitro benzene ring substituents is 1. The highest BCUT2D eigenvalue weighted by atomic mass is 16.6. The van der Waals surface area contributed by atoms with E-state index in [0.717, 1.165) is 6.42 Å². The molecule has 108 valence electrons. The number of ether oxygens (including phenoxy) is 1. The third-order valence-electron chi connectivity index (χ3n) is 2.46. The summed E-state index contributed by atoms with van der Waals surface area (Å²) in [5.74, 6) is -0.422. The smallest absolute Gasteiger partial charge is 0.332 e. The number of anilines is 1. The number of esters is 1. The van der Waals surface area contributed by atoms with E-state index in [9.17, 15) is 14.9 Å². The van der Waals surface area contributed by atoms with Crippen molar-refractivity contribution in [2.75, 3.05) is 11.9 Å². The number of rotatable bonds is 7. The average molecular weight is 278 g/mol. The summed E-state index contributed by atoms with van der Waals surface area (Å²) in [6.07, 6.45) is 2.88. The summed E-state index contributed by atoms with van der Waals surface area (Å²) in [5, 5.41) is 13.7. The predicted octanol–water partition coefficient (Wildman–Crippen LogP) is 3.25. The van der Waals surface area contributed by atoms with Crippen LogP contribution in [0.2, 0.25) is 0 Å². The van der Waals surface area contributed by atoms with E-state index in [1.165, 1.54) is 18.2 Å². The molecule has 20 heavy (non-hydrogen) atoms. The van der Waals surface area contributed by atoms with Crippen LogP contribution in [0.15, 0.2) is 36.0 Å². The molecule has 1 rings (SSSR count). The van der Waals surface area contributed by atoms with Crippen LogP contribution in [0.1, 0.15) is 26.7 Å². The molecule has 0 saturated carbocycles.